The summed E-state index contributed by atoms with van der Waals surface area (Å²) in [7, 11) is 1.37. The average molecular weight is 739 g/mol. The van der Waals surface area contributed by atoms with Crippen molar-refractivity contribution in [2.45, 2.75) is 96.1 Å². The Kier molecular flexibility index (Phi) is 12.1. The maximum Gasteiger partial charge on any atom is 0.573 e. The monoisotopic (exact) mass is 738 g/mol. The number of nitrogens with zero attached hydrogens (tertiary/aromatic N) is 6. The number of hydrogen-bond acceptors (Lipinski definition) is 8. The highest BCUT2D eigenvalue weighted by atomic mass is 19.4. The Bertz CT molecular complexity index is 1640. The van der Waals surface area contributed by atoms with Crippen molar-refractivity contribution in [1.82, 2.24) is 20.2 Å². The van der Waals surface area contributed by atoms with Gasteiger partial charge in [0.15, 0.2) is 0 Å². The van der Waals surface area contributed by atoms with Gasteiger partial charge in [0.1, 0.15) is 5.75 Å². The summed E-state index contributed by atoms with van der Waals surface area (Å²) < 4.78 is 132. The minimum absolute atomic E-state index is 0.0154. The second kappa shape index (κ2) is 15.8. The first-order chi connectivity index (χ1) is 23.8. The minimum Gasteiger partial charge on any atom is -0.466 e. The predicted octanol–water partition coefficient (Wildman–Crippen LogP) is 7.92. The molecule has 51 heavy (non-hydrogen) atoms. The van der Waals surface area contributed by atoms with Gasteiger partial charge in [-0.3, -0.25) is 9.59 Å². The lowest BCUT2D eigenvalue weighted by Crippen LogP contribution is -2.47. The number of benzene rings is 2. The smallest absolute Gasteiger partial charge is 0.466 e. The molecule has 2 atom stereocenters. The number of halogens is 9. The van der Waals surface area contributed by atoms with E-state index in [-0.39, 0.29) is 61.0 Å². The largest absolute Gasteiger partial charge is 0.573 e. The second-order valence-electron chi connectivity index (χ2n) is 11.8. The summed E-state index contributed by atoms with van der Waals surface area (Å²) >= 11 is 0. The molecule has 4 rings (SSSR count). The van der Waals surface area contributed by atoms with Crippen LogP contribution in [0, 0.1) is 0 Å². The van der Waals surface area contributed by atoms with Gasteiger partial charge in [-0.2, -0.15) is 31.1 Å². The van der Waals surface area contributed by atoms with Crippen molar-refractivity contribution in [3.8, 4) is 5.75 Å². The SMILES string of the molecule is CCOC(=O)CCCCCC(=O)N1c2ccc(OC(F)(F)F)cc2C(N(Cc2cc(C(F)(F)F)cc(C(F)(F)F)c2)c2nnn(C)n2)CC1CC. The number of hydrogen-bond donors (Lipinski definition) is 0. The van der Waals surface area contributed by atoms with Crippen LogP contribution in [0.3, 0.4) is 0 Å². The van der Waals surface area contributed by atoms with Crippen molar-refractivity contribution in [2.24, 2.45) is 7.05 Å². The third-order valence-electron chi connectivity index (χ3n) is 8.16. The molecule has 1 amide bonds. The number of rotatable bonds is 13. The molecule has 10 nitrogen and oxygen atoms in total. The third-order valence-corrected chi connectivity index (χ3v) is 8.16. The minimum atomic E-state index is -5.14. The number of carbonyl (C=O) groups excluding carboxylic acids is 2. The number of tetrazole rings is 1. The van der Waals surface area contributed by atoms with E-state index < -0.39 is 59.8 Å². The fourth-order valence-corrected chi connectivity index (χ4v) is 5.98. The zero-order valence-electron chi connectivity index (χ0n) is 27.7. The van der Waals surface area contributed by atoms with Crippen LogP contribution in [0.1, 0.15) is 87.1 Å². The Labute approximate surface area is 286 Å². The summed E-state index contributed by atoms with van der Waals surface area (Å²) in [6, 6.07) is 2.65. The van der Waals surface area contributed by atoms with Crippen LogP contribution in [0.5, 0.6) is 5.75 Å². The first-order valence-electron chi connectivity index (χ1n) is 16.0. The van der Waals surface area contributed by atoms with E-state index in [0.29, 0.717) is 37.8 Å². The number of amides is 1. The number of esters is 1. The summed E-state index contributed by atoms with van der Waals surface area (Å²) in [6.45, 7) is 3.01. The first-order valence-corrected chi connectivity index (χ1v) is 16.0. The van der Waals surface area contributed by atoms with Crippen LogP contribution in [-0.4, -0.2) is 51.1 Å². The van der Waals surface area contributed by atoms with Gasteiger partial charge in [-0.25, -0.2) is 0 Å². The van der Waals surface area contributed by atoms with E-state index >= 15 is 0 Å². The maximum absolute atomic E-state index is 13.8. The fraction of sp³-hybridized carbons (Fsp3) is 0.531. The number of aryl methyl sites for hydroxylation is 1. The van der Waals surface area contributed by atoms with Crippen LogP contribution in [0.15, 0.2) is 36.4 Å². The van der Waals surface area contributed by atoms with Crippen molar-refractivity contribution in [1.29, 1.82) is 0 Å². The van der Waals surface area contributed by atoms with Gasteiger partial charge in [0, 0.05) is 36.7 Å². The van der Waals surface area contributed by atoms with E-state index in [1.165, 1.54) is 22.9 Å². The van der Waals surface area contributed by atoms with Crippen LogP contribution in [0.4, 0.5) is 51.1 Å². The molecule has 0 saturated carbocycles. The zero-order chi connectivity index (χ0) is 37.7. The molecule has 0 radical (unpaired) electrons. The summed E-state index contributed by atoms with van der Waals surface area (Å²) in [5.74, 6) is -1.65. The second-order valence-corrected chi connectivity index (χ2v) is 11.8. The van der Waals surface area contributed by atoms with Gasteiger partial charge in [0.05, 0.1) is 30.8 Å². The Morgan fingerprint density at radius 1 is 0.902 bits per heavy atom. The molecule has 280 valence electrons. The van der Waals surface area contributed by atoms with E-state index in [2.05, 4.69) is 20.1 Å². The van der Waals surface area contributed by atoms with E-state index in [1.807, 2.05) is 0 Å². The topological polar surface area (TPSA) is 103 Å². The molecule has 2 unspecified atom stereocenters. The van der Waals surface area contributed by atoms with Crippen LogP contribution < -0.4 is 14.5 Å². The molecular formula is C32H35F9N6O4. The van der Waals surface area contributed by atoms with Gasteiger partial charge >= 0.3 is 24.7 Å². The van der Waals surface area contributed by atoms with Gasteiger partial charge in [-0.1, -0.05) is 18.4 Å². The average Bonchev–Trinajstić information content (AvgIpc) is 3.46. The maximum atomic E-state index is 13.8. The Hall–Kier alpha value is -4.58. The lowest BCUT2D eigenvalue weighted by molar-refractivity contribution is -0.274. The van der Waals surface area contributed by atoms with Crippen LogP contribution in [0.25, 0.3) is 0 Å². The highest BCUT2D eigenvalue weighted by Crippen LogP contribution is 2.46. The number of aromatic nitrogens is 4. The van der Waals surface area contributed by atoms with Crippen LogP contribution >= 0.6 is 0 Å². The fourth-order valence-electron chi connectivity index (χ4n) is 5.98. The molecule has 0 saturated heterocycles. The molecule has 2 aromatic carbocycles. The zero-order valence-corrected chi connectivity index (χ0v) is 27.7. The van der Waals surface area contributed by atoms with E-state index in [9.17, 15) is 49.1 Å². The highest BCUT2D eigenvalue weighted by molar-refractivity contribution is 5.95. The molecule has 0 N–H and O–H groups in total. The van der Waals surface area contributed by atoms with E-state index in [0.717, 1.165) is 16.9 Å². The normalized spacial score (nSPS) is 16.5. The molecule has 1 aromatic heterocycles. The molecule has 0 bridgehead atoms. The Morgan fingerprint density at radius 3 is 2.10 bits per heavy atom. The van der Waals surface area contributed by atoms with Crippen molar-refractivity contribution < 1.29 is 58.6 Å². The summed E-state index contributed by atoms with van der Waals surface area (Å²) in [5.41, 5.74) is -3.33. The molecule has 3 aromatic rings. The van der Waals surface area contributed by atoms with Crippen molar-refractivity contribution in [3.05, 3.63) is 58.7 Å². The van der Waals surface area contributed by atoms with Gasteiger partial charge in [0.25, 0.3) is 5.95 Å². The van der Waals surface area contributed by atoms with E-state index in [1.54, 1.807) is 13.8 Å². The third kappa shape index (κ3) is 10.2. The molecule has 1 aliphatic heterocycles. The van der Waals surface area contributed by atoms with Crippen LogP contribution in [-0.2, 0) is 40.3 Å². The first kappa shape index (κ1) is 39.2. The van der Waals surface area contributed by atoms with Crippen molar-refractivity contribution in [3.63, 3.8) is 0 Å². The quantitative estimate of drug-likeness (QED) is 0.0991. The van der Waals surface area contributed by atoms with Crippen molar-refractivity contribution >= 4 is 23.5 Å². The molecule has 19 heteroatoms. The number of carbonyl (C=O) groups is 2. The molecule has 1 aliphatic rings. The highest BCUT2D eigenvalue weighted by Gasteiger charge is 2.41. The molecule has 0 aliphatic carbocycles. The lowest BCUT2D eigenvalue weighted by Gasteiger charge is -2.44. The standard InChI is InChI=1S/C32H35F9N6O4/c1-4-22-16-26(46(29-42-44-45(3)43-29)18-19-13-20(30(33,34)35)15-21(14-19)31(36,37)38)24-17-23(51-32(39,40)41)11-12-25(24)47(22)27(48)9-7-6-8-10-28(49)50-5-2/h11-15,17,22,26H,4-10,16,18H2,1-3H3. The van der Waals surface area contributed by atoms with Gasteiger partial charge in [-0.05, 0) is 79.8 Å². The number of alkyl halides is 9. The summed E-state index contributed by atoms with van der Waals surface area (Å²) in [4.78, 5) is 29.0. The Balaban J connectivity index is 1.78. The van der Waals surface area contributed by atoms with Gasteiger partial charge < -0.3 is 19.3 Å². The molecule has 0 spiro atoms. The number of fused-ring (bicyclic) bond motifs is 1. The number of unbranched alkanes of at least 4 members (excludes halogenated alkanes) is 2. The molecule has 2 heterocycles. The van der Waals surface area contributed by atoms with Gasteiger partial charge in [0.2, 0.25) is 5.91 Å². The Morgan fingerprint density at radius 2 is 1.55 bits per heavy atom. The number of anilines is 2. The van der Waals surface area contributed by atoms with E-state index in [4.69, 9.17) is 4.74 Å². The lowest BCUT2D eigenvalue weighted by atomic mass is 9.87. The summed E-state index contributed by atoms with van der Waals surface area (Å²) in [5, 5.41) is 11.8. The predicted molar refractivity (Wildman–Crippen MR) is 163 cm³/mol. The van der Waals surface area contributed by atoms with Crippen LogP contribution in [0.2, 0.25) is 0 Å². The summed E-state index contributed by atoms with van der Waals surface area (Å²) in [6.07, 6.45) is -13.6. The van der Waals surface area contributed by atoms with Crippen molar-refractivity contribution in [2.75, 3.05) is 16.4 Å². The number of ether oxygens (including phenoxy) is 2. The molecular weight excluding hydrogens is 703 g/mol. The molecule has 0 fully saturated rings. The van der Waals surface area contributed by atoms with Gasteiger partial charge in [-0.15, -0.1) is 18.3 Å².